The van der Waals surface area contributed by atoms with Crippen LogP contribution >= 0.6 is 0 Å². The van der Waals surface area contributed by atoms with Crippen molar-refractivity contribution in [3.63, 3.8) is 0 Å². The van der Waals surface area contributed by atoms with Crippen molar-refractivity contribution in [2.24, 2.45) is 17.6 Å². The highest BCUT2D eigenvalue weighted by molar-refractivity contribution is 5.75. The van der Waals surface area contributed by atoms with Crippen molar-refractivity contribution < 1.29 is 4.79 Å². The molecule has 2 N–H and O–H groups in total. The summed E-state index contributed by atoms with van der Waals surface area (Å²) in [5.74, 6) is 1.82. The van der Waals surface area contributed by atoms with E-state index in [-0.39, 0.29) is 5.91 Å². The molecule has 1 saturated carbocycles. The molecule has 0 bridgehead atoms. The topological polar surface area (TPSA) is 46.3 Å². The number of nitrogens with two attached hydrogens (primary N) is 1. The summed E-state index contributed by atoms with van der Waals surface area (Å²) in [7, 11) is 1.89. The second-order valence-electron chi connectivity index (χ2n) is 4.14. The largest absolute Gasteiger partial charge is 0.345 e. The third kappa shape index (κ3) is 3.35. The molecule has 0 heterocycles. The van der Waals surface area contributed by atoms with E-state index in [2.05, 4.69) is 6.92 Å². The van der Waals surface area contributed by atoms with Gasteiger partial charge in [0.1, 0.15) is 0 Å². The Hall–Kier alpha value is -0.570. The molecule has 0 aromatic carbocycles. The molecule has 0 aromatic heterocycles. The lowest BCUT2D eigenvalue weighted by atomic mass is 10.2. The minimum atomic E-state index is 0.240. The van der Waals surface area contributed by atoms with Gasteiger partial charge in [-0.25, -0.2) is 0 Å². The van der Waals surface area contributed by atoms with E-state index in [4.69, 9.17) is 5.73 Å². The standard InChI is InChI=1S/C10H20N2O/c1-8-6-9(8)7-12(2)10(13)4-3-5-11/h8-9H,3-7,11H2,1-2H3. The lowest BCUT2D eigenvalue weighted by Crippen LogP contribution is -2.29. The van der Waals surface area contributed by atoms with Crippen LogP contribution in [0.2, 0.25) is 0 Å². The maximum absolute atomic E-state index is 11.4. The van der Waals surface area contributed by atoms with Gasteiger partial charge in [0.2, 0.25) is 5.91 Å². The normalized spacial score (nSPS) is 25.8. The van der Waals surface area contributed by atoms with Gasteiger partial charge in [-0.1, -0.05) is 6.92 Å². The Labute approximate surface area is 80.3 Å². The third-order valence-corrected chi connectivity index (χ3v) is 2.81. The average Bonchev–Trinajstić information content (AvgIpc) is 2.77. The van der Waals surface area contributed by atoms with E-state index >= 15 is 0 Å². The fraction of sp³-hybridized carbons (Fsp3) is 0.900. The molecule has 2 atom stereocenters. The van der Waals surface area contributed by atoms with Gasteiger partial charge < -0.3 is 10.6 Å². The third-order valence-electron chi connectivity index (χ3n) is 2.81. The van der Waals surface area contributed by atoms with Gasteiger partial charge in [0.05, 0.1) is 0 Å². The maximum Gasteiger partial charge on any atom is 0.222 e. The first kappa shape index (κ1) is 10.5. The van der Waals surface area contributed by atoms with Crippen molar-refractivity contribution in [1.29, 1.82) is 0 Å². The number of hydrogen-bond donors (Lipinski definition) is 1. The molecule has 1 aliphatic rings. The highest BCUT2D eigenvalue weighted by Gasteiger charge is 2.33. The summed E-state index contributed by atoms with van der Waals surface area (Å²) in [6.45, 7) is 3.78. The van der Waals surface area contributed by atoms with E-state index < -0.39 is 0 Å². The van der Waals surface area contributed by atoms with Gasteiger partial charge in [-0.2, -0.15) is 0 Å². The monoisotopic (exact) mass is 184 g/mol. The molecule has 1 amide bonds. The van der Waals surface area contributed by atoms with Gasteiger partial charge in [-0.15, -0.1) is 0 Å². The van der Waals surface area contributed by atoms with Gasteiger partial charge in [-0.05, 0) is 31.2 Å². The minimum absolute atomic E-state index is 0.240. The second-order valence-corrected chi connectivity index (χ2v) is 4.14. The van der Waals surface area contributed by atoms with E-state index in [1.165, 1.54) is 6.42 Å². The number of amides is 1. The number of carbonyl (C=O) groups excluding carboxylic acids is 1. The number of nitrogens with zero attached hydrogens (tertiary/aromatic N) is 1. The molecule has 1 rings (SSSR count). The molecule has 13 heavy (non-hydrogen) atoms. The SMILES string of the molecule is CC1CC1CN(C)C(=O)CCCN. The Morgan fingerprint density at radius 3 is 2.69 bits per heavy atom. The van der Waals surface area contributed by atoms with E-state index in [9.17, 15) is 4.79 Å². The van der Waals surface area contributed by atoms with Crippen molar-refractivity contribution in [3.8, 4) is 0 Å². The Bertz CT molecular complexity index is 182. The van der Waals surface area contributed by atoms with Crippen LogP contribution in [-0.4, -0.2) is 30.9 Å². The summed E-state index contributed by atoms with van der Waals surface area (Å²) >= 11 is 0. The fourth-order valence-corrected chi connectivity index (χ4v) is 1.55. The molecule has 3 heteroatoms. The Morgan fingerprint density at radius 1 is 1.62 bits per heavy atom. The maximum atomic E-state index is 11.4. The predicted octanol–water partition coefficient (Wildman–Crippen LogP) is 0.840. The lowest BCUT2D eigenvalue weighted by molar-refractivity contribution is -0.130. The second kappa shape index (κ2) is 4.61. The van der Waals surface area contributed by atoms with Crippen molar-refractivity contribution in [2.45, 2.75) is 26.2 Å². The van der Waals surface area contributed by atoms with E-state index in [0.29, 0.717) is 13.0 Å². The van der Waals surface area contributed by atoms with E-state index in [1.807, 2.05) is 11.9 Å². The zero-order chi connectivity index (χ0) is 9.84. The van der Waals surface area contributed by atoms with E-state index in [0.717, 1.165) is 24.8 Å². The lowest BCUT2D eigenvalue weighted by Gasteiger charge is -2.16. The summed E-state index contributed by atoms with van der Waals surface area (Å²) in [6, 6.07) is 0. The summed E-state index contributed by atoms with van der Waals surface area (Å²) in [6.07, 6.45) is 2.70. The quantitative estimate of drug-likeness (QED) is 0.688. The van der Waals surface area contributed by atoms with Crippen LogP contribution in [0.5, 0.6) is 0 Å². The molecular weight excluding hydrogens is 164 g/mol. The zero-order valence-corrected chi connectivity index (χ0v) is 8.62. The van der Waals surface area contributed by atoms with Crippen LogP contribution in [0, 0.1) is 11.8 Å². The Morgan fingerprint density at radius 2 is 2.23 bits per heavy atom. The number of rotatable bonds is 5. The van der Waals surface area contributed by atoms with Crippen LogP contribution in [0.4, 0.5) is 0 Å². The molecule has 1 fully saturated rings. The molecule has 3 nitrogen and oxygen atoms in total. The Kier molecular flexibility index (Phi) is 3.72. The highest BCUT2D eigenvalue weighted by Crippen LogP contribution is 2.37. The molecule has 0 aliphatic heterocycles. The smallest absolute Gasteiger partial charge is 0.222 e. The summed E-state index contributed by atoms with van der Waals surface area (Å²) in [4.78, 5) is 13.3. The molecule has 2 unspecified atom stereocenters. The van der Waals surface area contributed by atoms with Gasteiger partial charge in [0.25, 0.3) is 0 Å². The molecule has 76 valence electrons. The molecule has 0 radical (unpaired) electrons. The first-order valence-corrected chi connectivity index (χ1v) is 5.09. The predicted molar refractivity (Wildman–Crippen MR) is 53.2 cm³/mol. The minimum Gasteiger partial charge on any atom is -0.345 e. The van der Waals surface area contributed by atoms with Crippen LogP contribution in [0.15, 0.2) is 0 Å². The van der Waals surface area contributed by atoms with E-state index in [1.54, 1.807) is 0 Å². The van der Waals surface area contributed by atoms with Crippen LogP contribution in [0.1, 0.15) is 26.2 Å². The number of carbonyl (C=O) groups is 1. The first-order chi connectivity index (χ1) is 6.15. The average molecular weight is 184 g/mol. The van der Waals surface area contributed by atoms with Crippen molar-refractivity contribution in [1.82, 2.24) is 4.90 Å². The van der Waals surface area contributed by atoms with Crippen molar-refractivity contribution in [3.05, 3.63) is 0 Å². The zero-order valence-electron chi connectivity index (χ0n) is 8.62. The van der Waals surface area contributed by atoms with Crippen LogP contribution < -0.4 is 5.73 Å². The Balaban J connectivity index is 2.14. The van der Waals surface area contributed by atoms with Gasteiger partial charge in [0.15, 0.2) is 0 Å². The summed E-state index contributed by atoms with van der Waals surface area (Å²) in [5, 5.41) is 0. The molecule has 0 saturated heterocycles. The van der Waals surface area contributed by atoms with Gasteiger partial charge in [-0.3, -0.25) is 4.79 Å². The summed E-state index contributed by atoms with van der Waals surface area (Å²) in [5.41, 5.74) is 5.34. The highest BCUT2D eigenvalue weighted by atomic mass is 16.2. The van der Waals surface area contributed by atoms with Crippen molar-refractivity contribution >= 4 is 5.91 Å². The molecule has 1 aliphatic carbocycles. The van der Waals surface area contributed by atoms with Crippen molar-refractivity contribution in [2.75, 3.05) is 20.1 Å². The fourth-order valence-electron chi connectivity index (χ4n) is 1.55. The molecular formula is C10H20N2O. The molecule has 0 spiro atoms. The van der Waals surface area contributed by atoms with Gasteiger partial charge in [0, 0.05) is 20.0 Å². The number of hydrogen-bond acceptors (Lipinski definition) is 2. The van der Waals surface area contributed by atoms with Crippen LogP contribution in [0.25, 0.3) is 0 Å². The summed E-state index contributed by atoms with van der Waals surface area (Å²) < 4.78 is 0. The van der Waals surface area contributed by atoms with Gasteiger partial charge >= 0.3 is 0 Å². The first-order valence-electron chi connectivity index (χ1n) is 5.09. The van der Waals surface area contributed by atoms with Crippen LogP contribution in [-0.2, 0) is 4.79 Å². The molecule has 0 aromatic rings. The van der Waals surface area contributed by atoms with Crippen LogP contribution in [0.3, 0.4) is 0 Å².